The molecule has 0 aliphatic rings. The van der Waals surface area contributed by atoms with E-state index in [1.807, 2.05) is 0 Å². The molecule has 0 amide bonds. The Hall–Kier alpha value is -3.40. The Morgan fingerprint density at radius 1 is 0.615 bits per heavy atom. The summed E-state index contributed by atoms with van der Waals surface area (Å²) in [5, 5.41) is 2.00. The standard InChI is InChI=1S/C27H20Cl2N2O6S2/c28-38(34,35)25-15-11-17(19-5-1-3-7-21(19)25)9-13-23(32)27(31-30)24(33)14-10-18-12-16-26(39(29,36)37)22-8-4-2-6-20(18)22/h1-8,11-12,15-16H,9-10,13-14H2. The first-order valence-electron chi connectivity index (χ1n) is 11.6. The van der Waals surface area contributed by atoms with Crippen molar-refractivity contribution in [3.63, 3.8) is 0 Å². The van der Waals surface area contributed by atoms with Gasteiger partial charge in [0, 0.05) is 45.0 Å². The molecule has 0 heterocycles. The minimum atomic E-state index is -3.99. The Morgan fingerprint density at radius 3 is 1.31 bits per heavy atom. The zero-order valence-electron chi connectivity index (χ0n) is 20.2. The molecule has 0 unspecified atom stereocenters. The van der Waals surface area contributed by atoms with Gasteiger partial charge in [-0.15, -0.1) is 0 Å². The first-order valence-corrected chi connectivity index (χ1v) is 16.2. The van der Waals surface area contributed by atoms with E-state index in [4.69, 9.17) is 21.4 Å². The smallest absolute Gasteiger partial charge is 0.360 e. The van der Waals surface area contributed by atoms with Crippen LogP contribution in [0.5, 0.6) is 0 Å². The Bertz CT molecular complexity index is 1780. The quantitative estimate of drug-likeness (QED) is 0.0801. The Kier molecular flexibility index (Phi) is 8.34. The fourth-order valence-electron chi connectivity index (χ4n) is 4.53. The Balaban J connectivity index is 1.50. The van der Waals surface area contributed by atoms with E-state index in [-0.39, 0.29) is 35.5 Å². The number of carbonyl (C=O) groups is 2. The third-order valence-electron chi connectivity index (χ3n) is 6.35. The maximum Gasteiger partial charge on any atom is 0.400 e. The SMILES string of the molecule is [N-]=[N+]=C(C(=O)CCc1ccc(S(=O)(=O)Cl)c2ccccc12)C(=O)CCc1ccc(S(=O)(=O)Cl)c2ccccc12. The lowest BCUT2D eigenvalue weighted by Gasteiger charge is -2.09. The lowest BCUT2D eigenvalue weighted by Crippen LogP contribution is -2.26. The minimum Gasteiger partial charge on any atom is -0.360 e. The summed E-state index contributed by atoms with van der Waals surface area (Å²) in [6.45, 7) is 0. The van der Waals surface area contributed by atoms with E-state index in [1.165, 1.54) is 12.1 Å². The van der Waals surface area contributed by atoms with Crippen LogP contribution in [0.1, 0.15) is 24.0 Å². The second kappa shape index (κ2) is 11.4. The summed E-state index contributed by atoms with van der Waals surface area (Å²) < 4.78 is 47.7. The molecule has 0 aliphatic heterocycles. The summed E-state index contributed by atoms with van der Waals surface area (Å²) in [6, 6.07) is 19.3. The molecule has 0 saturated heterocycles. The largest absolute Gasteiger partial charge is 0.400 e. The summed E-state index contributed by atoms with van der Waals surface area (Å²) >= 11 is 0. The third kappa shape index (κ3) is 6.27. The molecule has 200 valence electrons. The van der Waals surface area contributed by atoms with Gasteiger partial charge in [-0.2, -0.15) is 4.79 Å². The van der Waals surface area contributed by atoms with Gasteiger partial charge in [0.2, 0.25) is 11.6 Å². The van der Waals surface area contributed by atoms with Crippen LogP contribution < -0.4 is 0 Å². The lowest BCUT2D eigenvalue weighted by molar-refractivity contribution is -0.124. The van der Waals surface area contributed by atoms with Gasteiger partial charge in [0.15, 0.2) is 0 Å². The minimum absolute atomic E-state index is 0.0492. The van der Waals surface area contributed by atoms with Crippen molar-refractivity contribution in [2.45, 2.75) is 35.5 Å². The topological polar surface area (TPSA) is 139 Å². The van der Waals surface area contributed by atoms with Crippen LogP contribution in [0.3, 0.4) is 0 Å². The molecule has 0 N–H and O–H groups in total. The van der Waals surface area contributed by atoms with Crippen LogP contribution in [-0.4, -0.2) is 38.9 Å². The van der Waals surface area contributed by atoms with E-state index < -0.39 is 35.4 Å². The van der Waals surface area contributed by atoms with Crippen molar-refractivity contribution in [2.75, 3.05) is 0 Å². The predicted molar refractivity (Wildman–Crippen MR) is 149 cm³/mol. The van der Waals surface area contributed by atoms with Crippen LogP contribution in [0.2, 0.25) is 0 Å². The molecule has 0 bridgehead atoms. The highest BCUT2D eigenvalue weighted by Crippen LogP contribution is 2.30. The predicted octanol–water partition coefficient (Wildman–Crippen LogP) is 5.22. The third-order valence-corrected chi connectivity index (χ3v) is 9.11. The van der Waals surface area contributed by atoms with Crippen LogP contribution >= 0.6 is 21.4 Å². The number of fused-ring (bicyclic) bond motifs is 2. The molecule has 0 atom stereocenters. The Morgan fingerprint density at radius 2 is 0.974 bits per heavy atom. The van der Waals surface area contributed by atoms with E-state index in [2.05, 4.69) is 4.79 Å². The monoisotopic (exact) mass is 602 g/mol. The van der Waals surface area contributed by atoms with Gasteiger partial charge >= 0.3 is 5.71 Å². The van der Waals surface area contributed by atoms with Gasteiger partial charge in [-0.05, 0) is 46.9 Å². The molecule has 8 nitrogen and oxygen atoms in total. The van der Waals surface area contributed by atoms with Gasteiger partial charge in [-0.3, -0.25) is 9.59 Å². The molecule has 0 radical (unpaired) electrons. The van der Waals surface area contributed by atoms with E-state index in [0.29, 0.717) is 32.7 Å². The first kappa shape index (κ1) is 28.6. The molecule has 0 saturated carbocycles. The molecule has 0 spiro atoms. The fourth-order valence-corrected chi connectivity index (χ4v) is 6.68. The normalized spacial score (nSPS) is 11.8. The number of rotatable bonds is 10. The molecular weight excluding hydrogens is 583 g/mol. The van der Waals surface area contributed by atoms with Crippen molar-refractivity contribution in [1.29, 1.82) is 0 Å². The van der Waals surface area contributed by atoms with Crippen molar-refractivity contribution in [3.05, 3.63) is 89.5 Å². The second-order valence-corrected chi connectivity index (χ2v) is 13.8. The van der Waals surface area contributed by atoms with Crippen molar-refractivity contribution >= 4 is 78.3 Å². The molecule has 12 heteroatoms. The van der Waals surface area contributed by atoms with E-state index in [9.17, 15) is 32.0 Å². The zero-order valence-corrected chi connectivity index (χ0v) is 23.3. The average Bonchev–Trinajstić information content (AvgIpc) is 2.89. The van der Waals surface area contributed by atoms with Gasteiger partial charge in [0.1, 0.15) is 0 Å². The van der Waals surface area contributed by atoms with Gasteiger partial charge in [-0.1, -0.05) is 60.7 Å². The molecule has 39 heavy (non-hydrogen) atoms. The van der Waals surface area contributed by atoms with Crippen molar-refractivity contribution in [3.8, 4) is 0 Å². The zero-order chi connectivity index (χ0) is 28.4. The summed E-state index contributed by atoms with van der Waals surface area (Å²) in [5.74, 6) is -1.34. The Labute approximate surface area is 233 Å². The number of hydrogen-bond donors (Lipinski definition) is 0. The summed E-state index contributed by atoms with van der Waals surface area (Å²) in [4.78, 5) is 28.5. The summed E-state index contributed by atoms with van der Waals surface area (Å²) in [6.07, 6.45) is 0.00113. The molecule has 4 rings (SSSR count). The molecule has 0 fully saturated rings. The number of ketones is 2. The highest BCUT2D eigenvalue weighted by atomic mass is 35.7. The van der Waals surface area contributed by atoms with Gasteiger partial charge < -0.3 is 5.53 Å². The molecule has 4 aromatic rings. The van der Waals surface area contributed by atoms with Crippen LogP contribution in [-0.2, 0) is 40.5 Å². The molecule has 0 aliphatic carbocycles. The fraction of sp³-hybridized carbons (Fsp3) is 0.148. The summed E-state index contributed by atoms with van der Waals surface area (Å²) in [7, 11) is 3.13. The maximum absolute atomic E-state index is 12.8. The van der Waals surface area contributed by atoms with Crippen molar-refractivity contribution < 1.29 is 31.2 Å². The van der Waals surface area contributed by atoms with Crippen molar-refractivity contribution in [1.82, 2.24) is 0 Å². The van der Waals surface area contributed by atoms with E-state index in [0.717, 1.165) is 0 Å². The van der Waals surface area contributed by atoms with Gasteiger partial charge in [-0.25, -0.2) is 16.8 Å². The molecule has 4 aromatic carbocycles. The van der Waals surface area contributed by atoms with Gasteiger partial charge in [0.05, 0.1) is 9.79 Å². The van der Waals surface area contributed by atoms with Crippen LogP contribution in [0.4, 0.5) is 0 Å². The van der Waals surface area contributed by atoms with E-state index >= 15 is 0 Å². The number of aryl methyl sites for hydroxylation is 2. The summed E-state index contributed by atoms with van der Waals surface area (Å²) in [5.41, 5.74) is 10.2. The number of carbonyl (C=O) groups excluding carboxylic acids is 2. The van der Waals surface area contributed by atoms with Crippen LogP contribution in [0, 0.1) is 0 Å². The highest BCUT2D eigenvalue weighted by Gasteiger charge is 2.29. The number of Topliss-reactive ketones (excluding diaryl/α,β-unsaturated/α-hetero) is 2. The maximum atomic E-state index is 12.8. The van der Waals surface area contributed by atoms with Crippen LogP contribution in [0.15, 0.2) is 82.6 Å². The van der Waals surface area contributed by atoms with Crippen LogP contribution in [0.25, 0.3) is 27.1 Å². The van der Waals surface area contributed by atoms with E-state index in [1.54, 1.807) is 60.7 Å². The second-order valence-electron chi connectivity index (χ2n) is 8.71. The number of nitrogens with zero attached hydrogens (tertiary/aromatic N) is 2. The lowest BCUT2D eigenvalue weighted by atomic mass is 9.95. The van der Waals surface area contributed by atoms with Gasteiger partial charge in [0.25, 0.3) is 18.1 Å². The number of hydrogen-bond acceptors (Lipinski definition) is 6. The number of halogens is 2. The number of benzene rings is 4. The molecule has 0 aromatic heterocycles. The average molecular weight is 604 g/mol. The first-order chi connectivity index (χ1) is 18.4. The molecular formula is C27H20Cl2N2O6S2. The van der Waals surface area contributed by atoms with Crippen molar-refractivity contribution in [2.24, 2.45) is 0 Å². The highest BCUT2D eigenvalue weighted by molar-refractivity contribution is 8.14.